The lowest BCUT2D eigenvalue weighted by Crippen LogP contribution is -2.34. The molecule has 1 unspecified atom stereocenters. The fraction of sp³-hybridized carbons (Fsp3) is 0.929. The molecule has 1 amide bonds. The molecule has 0 aromatic carbocycles. The number of rotatable bonds is 4. The monoisotopic (exact) mass is 259 g/mol. The van der Waals surface area contributed by atoms with E-state index >= 15 is 0 Å². The zero-order valence-corrected chi connectivity index (χ0v) is 12.0. The van der Waals surface area contributed by atoms with E-state index in [-0.39, 0.29) is 11.3 Å². The van der Waals surface area contributed by atoms with Crippen molar-refractivity contribution in [3.63, 3.8) is 0 Å². The third-order valence-corrected chi connectivity index (χ3v) is 3.91. The lowest BCUT2D eigenvalue weighted by Gasteiger charge is -2.25. The third kappa shape index (κ3) is 5.76. The van der Waals surface area contributed by atoms with E-state index in [4.69, 9.17) is 11.6 Å². The van der Waals surface area contributed by atoms with Crippen molar-refractivity contribution in [1.82, 2.24) is 4.90 Å². The van der Waals surface area contributed by atoms with Crippen LogP contribution in [0.25, 0.3) is 0 Å². The topological polar surface area (TPSA) is 20.3 Å². The highest BCUT2D eigenvalue weighted by molar-refractivity contribution is 6.20. The van der Waals surface area contributed by atoms with Crippen LogP contribution >= 0.6 is 11.6 Å². The number of alkyl halides is 1. The van der Waals surface area contributed by atoms with Gasteiger partial charge in [0.15, 0.2) is 0 Å². The number of hydrogen-bond acceptors (Lipinski definition) is 1. The Balaban J connectivity index is 2.37. The van der Waals surface area contributed by atoms with Gasteiger partial charge in [0.2, 0.25) is 5.91 Å². The van der Waals surface area contributed by atoms with E-state index in [1.807, 2.05) is 18.9 Å². The molecule has 0 aliphatic heterocycles. The summed E-state index contributed by atoms with van der Waals surface area (Å²) in [5, 5.41) is 0.155. The SMILES string of the molecule is CC(Cl)CCN(C)C(=O)C1CCCCCCC1. The fourth-order valence-corrected chi connectivity index (χ4v) is 2.59. The summed E-state index contributed by atoms with van der Waals surface area (Å²) in [6.07, 6.45) is 9.43. The first kappa shape index (κ1) is 14.8. The van der Waals surface area contributed by atoms with Crippen molar-refractivity contribution in [3.8, 4) is 0 Å². The zero-order valence-electron chi connectivity index (χ0n) is 11.3. The van der Waals surface area contributed by atoms with Crippen molar-refractivity contribution in [3.05, 3.63) is 0 Å². The van der Waals surface area contributed by atoms with Gasteiger partial charge in [-0.15, -0.1) is 11.6 Å². The molecule has 1 saturated carbocycles. The Morgan fingerprint density at radius 3 is 2.29 bits per heavy atom. The van der Waals surface area contributed by atoms with Gasteiger partial charge in [0.25, 0.3) is 0 Å². The van der Waals surface area contributed by atoms with E-state index in [9.17, 15) is 4.79 Å². The van der Waals surface area contributed by atoms with Crippen LogP contribution in [0.2, 0.25) is 0 Å². The van der Waals surface area contributed by atoms with Crippen LogP contribution in [0.1, 0.15) is 58.3 Å². The molecule has 0 aromatic rings. The van der Waals surface area contributed by atoms with Gasteiger partial charge in [-0.25, -0.2) is 0 Å². The summed E-state index contributed by atoms with van der Waals surface area (Å²) < 4.78 is 0. The number of carbonyl (C=O) groups is 1. The molecule has 2 nitrogen and oxygen atoms in total. The molecule has 17 heavy (non-hydrogen) atoms. The molecule has 0 spiro atoms. The van der Waals surface area contributed by atoms with E-state index in [0.717, 1.165) is 25.8 Å². The lowest BCUT2D eigenvalue weighted by molar-refractivity contribution is -0.134. The molecule has 1 aliphatic carbocycles. The van der Waals surface area contributed by atoms with Gasteiger partial charge in [-0.2, -0.15) is 0 Å². The number of halogens is 1. The average Bonchev–Trinajstić information content (AvgIpc) is 2.24. The quantitative estimate of drug-likeness (QED) is 0.703. The summed E-state index contributed by atoms with van der Waals surface area (Å²) in [5.74, 6) is 0.607. The Morgan fingerprint density at radius 1 is 1.24 bits per heavy atom. The molecule has 0 radical (unpaired) electrons. The summed E-state index contributed by atoms with van der Waals surface area (Å²) in [7, 11) is 1.92. The molecule has 1 aliphatic rings. The first-order chi connectivity index (χ1) is 8.11. The summed E-state index contributed by atoms with van der Waals surface area (Å²) >= 11 is 5.92. The van der Waals surface area contributed by atoms with E-state index in [1.165, 1.54) is 32.1 Å². The standard InChI is InChI=1S/C14H26ClNO/c1-12(15)10-11-16(2)14(17)13-8-6-4-3-5-7-9-13/h12-13H,3-11H2,1-2H3. The smallest absolute Gasteiger partial charge is 0.225 e. The van der Waals surface area contributed by atoms with Gasteiger partial charge in [0.1, 0.15) is 0 Å². The van der Waals surface area contributed by atoms with E-state index in [0.29, 0.717) is 5.91 Å². The molecule has 1 atom stereocenters. The Bertz CT molecular complexity index is 222. The van der Waals surface area contributed by atoms with Crippen molar-refractivity contribution in [2.75, 3.05) is 13.6 Å². The van der Waals surface area contributed by atoms with Crippen molar-refractivity contribution in [2.24, 2.45) is 5.92 Å². The van der Waals surface area contributed by atoms with Crippen LogP contribution < -0.4 is 0 Å². The molecular weight excluding hydrogens is 234 g/mol. The predicted octanol–water partition coefficient (Wildman–Crippen LogP) is 3.82. The summed E-state index contributed by atoms with van der Waals surface area (Å²) in [6, 6.07) is 0. The van der Waals surface area contributed by atoms with Gasteiger partial charge in [-0.1, -0.05) is 32.1 Å². The fourth-order valence-electron chi connectivity index (χ4n) is 2.50. The van der Waals surface area contributed by atoms with Crippen molar-refractivity contribution >= 4 is 17.5 Å². The Labute approximate surface area is 111 Å². The van der Waals surface area contributed by atoms with Crippen LogP contribution in [0.15, 0.2) is 0 Å². The largest absolute Gasteiger partial charge is 0.345 e. The lowest BCUT2D eigenvalue weighted by atomic mass is 9.90. The normalized spacial score (nSPS) is 20.4. The molecule has 0 aromatic heterocycles. The second-order valence-electron chi connectivity index (χ2n) is 5.37. The van der Waals surface area contributed by atoms with Crippen molar-refractivity contribution in [2.45, 2.75) is 63.7 Å². The van der Waals surface area contributed by atoms with Gasteiger partial charge >= 0.3 is 0 Å². The second-order valence-corrected chi connectivity index (χ2v) is 6.12. The van der Waals surface area contributed by atoms with Crippen LogP contribution in [0.3, 0.4) is 0 Å². The molecule has 100 valence electrons. The minimum atomic E-state index is 0.155. The molecule has 1 rings (SSSR count). The Kier molecular flexibility index (Phi) is 6.94. The molecule has 0 saturated heterocycles. The molecule has 3 heteroatoms. The maximum Gasteiger partial charge on any atom is 0.225 e. The van der Waals surface area contributed by atoms with Crippen molar-refractivity contribution < 1.29 is 4.79 Å². The minimum absolute atomic E-state index is 0.155. The summed E-state index contributed by atoms with van der Waals surface area (Å²) in [6.45, 7) is 2.77. The van der Waals surface area contributed by atoms with Gasteiger partial charge in [0.05, 0.1) is 0 Å². The number of hydrogen-bond donors (Lipinski definition) is 0. The summed E-state index contributed by atoms with van der Waals surface area (Å²) in [5.41, 5.74) is 0. The number of nitrogens with zero attached hydrogens (tertiary/aromatic N) is 1. The van der Waals surface area contributed by atoms with Gasteiger partial charge < -0.3 is 4.90 Å². The maximum atomic E-state index is 12.3. The van der Waals surface area contributed by atoms with E-state index < -0.39 is 0 Å². The van der Waals surface area contributed by atoms with E-state index in [1.54, 1.807) is 0 Å². The second kappa shape index (κ2) is 7.97. The molecule has 1 fully saturated rings. The maximum absolute atomic E-state index is 12.3. The molecular formula is C14H26ClNO. The van der Waals surface area contributed by atoms with Crippen LogP contribution in [0, 0.1) is 5.92 Å². The number of amides is 1. The predicted molar refractivity (Wildman–Crippen MR) is 73.4 cm³/mol. The zero-order chi connectivity index (χ0) is 12.7. The van der Waals surface area contributed by atoms with Crippen LogP contribution in [-0.4, -0.2) is 29.8 Å². The molecule has 0 bridgehead atoms. The summed E-state index contributed by atoms with van der Waals surface area (Å²) in [4.78, 5) is 14.1. The molecule has 0 heterocycles. The van der Waals surface area contributed by atoms with Gasteiger partial charge in [-0.05, 0) is 26.2 Å². The average molecular weight is 260 g/mol. The minimum Gasteiger partial charge on any atom is -0.345 e. The Morgan fingerprint density at radius 2 is 1.76 bits per heavy atom. The highest BCUT2D eigenvalue weighted by Crippen LogP contribution is 2.23. The highest BCUT2D eigenvalue weighted by atomic mass is 35.5. The van der Waals surface area contributed by atoms with Crippen LogP contribution in [-0.2, 0) is 4.79 Å². The van der Waals surface area contributed by atoms with E-state index in [2.05, 4.69) is 0 Å². The molecule has 0 N–H and O–H groups in total. The first-order valence-electron chi connectivity index (χ1n) is 7.00. The third-order valence-electron chi connectivity index (χ3n) is 3.69. The van der Waals surface area contributed by atoms with Crippen LogP contribution in [0.4, 0.5) is 0 Å². The van der Waals surface area contributed by atoms with Crippen LogP contribution in [0.5, 0.6) is 0 Å². The van der Waals surface area contributed by atoms with Crippen molar-refractivity contribution in [1.29, 1.82) is 0 Å². The number of carbonyl (C=O) groups excluding carboxylic acids is 1. The Hall–Kier alpha value is -0.240. The first-order valence-corrected chi connectivity index (χ1v) is 7.44. The highest BCUT2D eigenvalue weighted by Gasteiger charge is 2.22. The van der Waals surface area contributed by atoms with Gasteiger partial charge in [0, 0.05) is 24.9 Å². The van der Waals surface area contributed by atoms with Gasteiger partial charge in [-0.3, -0.25) is 4.79 Å².